The molecule has 0 atom stereocenters. The highest BCUT2D eigenvalue weighted by Gasteiger charge is 2.20. The van der Waals surface area contributed by atoms with E-state index in [9.17, 15) is 4.79 Å². The van der Waals surface area contributed by atoms with E-state index in [1.54, 1.807) is 16.2 Å². The molecule has 0 saturated carbocycles. The van der Waals surface area contributed by atoms with E-state index in [1.807, 2.05) is 49.4 Å². The maximum Gasteiger partial charge on any atom is 0.246 e. The first-order valence-electron chi connectivity index (χ1n) is 8.74. The molecule has 1 aliphatic heterocycles. The molecule has 1 aromatic carbocycles. The molecule has 4 rings (SSSR count). The van der Waals surface area contributed by atoms with Gasteiger partial charge in [0.1, 0.15) is 0 Å². The number of fused-ring (bicyclic) bond motifs is 1. The summed E-state index contributed by atoms with van der Waals surface area (Å²) in [6.07, 6.45) is 2.26. The van der Waals surface area contributed by atoms with Crippen LogP contribution in [0.2, 0.25) is 4.34 Å². The highest BCUT2D eigenvalue weighted by atomic mass is 35.5. The van der Waals surface area contributed by atoms with Crippen LogP contribution in [0.25, 0.3) is 11.3 Å². The zero-order valence-corrected chi connectivity index (χ0v) is 16.8. The summed E-state index contributed by atoms with van der Waals surface area (Å²) in [5.74, 6) is 0.000160. The maximum absolute atomic E-state index is 11.4. The number of halogens is 1. The number of nitrogens with zero attached hydrogens (tertiary/aromatic N) is 2. The molecule has 0 aliphatic carbocycles. The highest BCUT2D eigenvalue weighted by Crippen LogP contribution is 2.31. The molecular formula is C22H21ClN2OS. The standard InChI is InChI=1S/C12H11N.C10H10ClNOS/c1-10-6-5-9-12(13-10)11-7-3-2-4-8-11;1-2-10(13)12-4-3-7-5-9(11)14-8(7)6-12/h2-9H,1H3;2,5H,1,3-4,6H2. The van der Waals surface area contributed by atoms with Crippen molar-refractivity contribution in [3.05, 3.63) is 87.7 Å². The van der Waals surface area contributed by atoms with Crippen LogP contribution < -0.4 is 0 Å². The quantitative estimate of drug-likeness (QED) is 0.533. The third-order valence-corrected chi connectivity index (χ3v) is 5.59. The van der Waals surface area contributed by atoms with E-state index in [0.29, 0.717) is 6.54 Å². The van der Waals surface area contributed by atoms with Crippen LogP contribution in [0.4, 0.5) is 0 Å². The summed E-state index contributed by atoms with van der Waals surface area (Å²) in [7, 11) is 0. The molecular weight excluding hydrogens is 376 g/mol. The van der Waals surface area contributed by atoms with Crippen LogP contribution in [0.15, 0.2) is 67.3 Å². The van der Waals surface area contributed by atoms with Crippen molar-refractivity contribution < 1.29 is 4.79 Å². The first kappa shape index (κ1) is 19.3. The van der Waals surface area contributed by atoms with Gasteiger partial charge in [0, 0.05) is 22.7 Å². The van der Waals surface area contributed by atoms with E-state index in [1.165, 1.54) is 22.1 Å². The molecule has 1 amide bonds. The average Bonchev–Trinajstić information content (AvgIpc) is 3.07. The van der Waals surface area contributed by atoms with Gasteiger partial charge in [-0.25, -0.2) is 0 Å². The van der Waals surface area contributed by atoms with Crippen LogP contribution in [0.5, 0.6) is 0 Å². The number of aromatic nitrogens is 1. The predicted molar refractivity (Wildman–Crippen MR) is 113 cm³/mol. The van der Waals surface area contributed by atoms with Crippen molar-refractivity contribution >= 4 is 28.8 Å². The molecule has 0 unspecified atom stereocenters. The molecule has 3 aromatic rings. The second kappa shape index (κ2) is 8.98. The highest BCUT2D eigenvalue weighted by molar-refractivity contribution is 7.16. The Hall–Kier alpha value is -2.43. The summed E-state index contributed by atoms with van der Waals surface area (Å²) >= 11 is 7.47. The lowest BCUT2D eigenvalue weighted by atomic mass is 10.1. The van der Waals surface area contributed by atoms with Gasteiger partial charge in [0.25, 0.3) is 0 Å². The molecule has 3 nitrogen and oxygen atoms in total. The number of aryl methyl sites for hydroxylation is 1. The summed E-state index contributed by atoms with van der Waals surface area (Å²) in [5.41, 5.74) is 4.56. The number of hydrogen-bond acceptors (Lipinski definition) is 3. The minimum absolute atomic E-state index is 0.000160. The lowest BCUT2D eigenvalue weighted by Crippen LogP contribution is -2.33. The Balaban J connectivity index is 0.000000156. The molecule has 3 heterocycles. The number of pyridine rings is 1. The van der Waals surface area contributed by atoms with E-state index in [0.717, 1.165) is 28.7 Å². The second-order valence-electron chi connectivity index (χ2n) is 6.24. The molecule has 1 aliphatic rings. The van der Waals surface area contributed by atoms with Crippen LogP contribution in [0.3, 0.4) is 0 Å². The summed E-state index contributed by atoms with van der Waals surface area (Å²) in [6.45, 7) is 6.94. The zero-order chi connectivity index (χ0) is 19.2. The van der Waals surface area contributed by atoms with Gasteiger partial charge >= 0.3 is 0 Å². The maximum atomic E-state index is 11.4. The van der Waals surface area contributed by atoms with Crippen LogP contribution in [0, 0.1) is 6.92 Å². The lowest BCUT2D eigenvalue weighted by Gasteiger charge is -2.25. The third kappa shape index (κ3) is 5.06. The Morgan fingerprint density at radius 3 is 2.70 bits per heavy atom. The lowest BCUT2D eigenvalue weighted by molar-refractivity contribution is -0.126. The Bertz CT molecular complexity index is 936. The smallest absolute Gasteiger partial charge is 0.246 e. The van der Waals surface area contributed by atoms with Crippen LogP contribution >= 0.6 is 22.9 Å². The van der Waals surface area contributed by atoms with Crippen LogP contribution in [-0.2, 0) is 17.8 Å². The van der Waals surface area contributed by atoms with Crippen molar-refractivity contribution in [2.75, 3.05) is 6.54 Å². The minimum Gasteiger partial charge on any atom is -0.334 e. The Morgan fingerprint density at radius 2 is 2.00 bits per heavy atom. The van der Waals surface area contributed by atoms with Gasteiger partial charge in [-0.05, 0) is 43.2 Å². The number of amides is 1. The molecule has 27 heavy (non-hydrogen) atoms. The monoisotopic (exact) mass is 396 g/mol. The third-order valence-electron chi connectivity index (χ3n) is 4.30. The summed E-state index contributed by atoms with van der Waals surface area (Å²) in [4.78, 5) is 18.8. The zero-order valence-electron chi connectivity index (χ0n) is 15.2. The van der Waals surface area contributed by atoms with E-state index < -0.39 is 0 Å². The Labute approximate surface area is 168 Å². The van der Waals surface area contributed by atoms with Gasteiger partial charge in [0.15, 0.2) is 0 Å². The predicted octanol–water partition coefficient (Wildman–Crippen LogP) is 5.53. The largest absolute Gasteiger partial charge is 0.334 e. The van der Waals surface area contributed by atoms with Crippen molar-refractivity contribution in [1.29, 1.82) is 0 Å². The minimum atomic E-state index is 0.000160. The van der Waals surface area contributed by atoms with Crippen molar-refractivity contribution in [2.45, 2.75) is 19.9 Å². The SMILES string of the molecule is C=CC(=O)N1CCc2cc(Cl)sc2C1.Cc1cccc(-c2ccccc2)n1. The van der Waals surface area contributed by atoms with Gasteiger partial charge in [0.05, 0.1) is 16.6 Å². The fraction of sp³-hybridized carbons (Fsp3) is 0.182. The fourth-order valence-electron chi connectivity index (χ4n) is 2.91. The van der Waals surface area contributed by atoms with E-state index in [2.05, 4.69) is 23.7 Å². The normalized spacial score (nSPS) is 12.6. The van der Waals surface area contributed by atoms with Gasteiger partial charge in [-0.3, -0.25) is 9.78 Å². The average molecular weight is 397 g/mol. The van der Waals surface area contributed by atoms with Gasteiger partial charge in [0.2, 0.25) is 5.91 Å². The van der Waals surface area contributed by atoms with Crippen molar-refractivity contribution in [3.8, 4) is 11.3 Å². The molecule has 0 spiro atoms. The molecule has 0 radical (unpaired) electrons. The van der Waals surface area contributed by atoms with Crippen LogP contribution in [0.1, 0.15) is 16.1 Å². The first-order valence-corrected chi connectivity index (χ1v) is 9.94. The van der Waals surface area contributed by atoms with Crippen molar-refractivity contribution in [2.24, 2.45) is 0 Å². The Kier molecular flexibility index (Phi) is 6.43. The Morgan fingerprint density at radius 1 is 1.22 bits per heavy atom. The molecule has 5 heteroatoms. The summed E-state index contributed by atoms with van der Waals surface area (Å²) in [5, 5.41) is 0. The molecule has 0 saturated heterocycles. The summed E-state index contributed by atoms with van der Waals surface area (Å²) < 4.78 is 0.808. The van der Waals surface area contributed by atoms with Crippen LogP contribution in [-0.4, -0.2) is 22.3 Å². The van der Waals surface area contributed by atoms with E-state index in [4.69, 9.17) is 11.6 Å². The molecule has 138 valence electrons. The topological polar surface area (TPSA) is 33.2 Å². The van der Waals surface area contributed by atoms with Gasteiger partial charge in [-0.1, -0.05) is 54.6 Å². The molecule has 0 bridgehead atoms. The van der Waals surface area contributed by atoms with Gasteiger partial charge < -0.3 is 4.90 Å². The van der Waals surface area contributed by atoms with Crippen molar-refractivity contribution in [1.82, 2.24) is 9.88 Å². The van der Waals surface area contributed by atoms with Gasteiger partial charge in [-0.2, -0.15) is 0 Å². The number of hydrogen-bond donors (Lipinski definition) is 0. The number of thiophene rings is 1. The number of carbonyl (C=O) groups excluding carboxylic acids is 1. The van der Waals surface area contributed by atoms with Gasteiger partial charge in [-0.15, -0.1) is 11.3 Å². The molecule has 0 N–H and O–H groups in total. The number of carbonyl (C=O) groups is 1. The van der Waals surface area contributed by atoms with E-state index >= 15 is 0 Å². The van der Waals surface area contributed by atoms with E-state index in [-0.39, 0.29) is 5.91 Å². The summed E-state index contributed by atoms with van der Waals surface area (Å²) in [6, 6.07) is 18.3. The molecule has 2 aromatic heterocycles. The fourth-order valence-corrected chi connectivity index (χ4v) is 4.27. The molecule has 0 fully saturated rings. The number of rotatable bonds is 2. The first-order chi connectivity index (χ1) is 13.1. The van der Waals surface area contributed by atoms with Crippen molar-refractivity contribution in [3.63, 3.8) is 0 Å². The second-order valence-corrected chi connectivity index (χ2v) is 8.01. The number of benzene rings is 1.